The van der Waals surface area contributed by atoms with Crippen LogP contribution in [-0.4, -0.2) is 54.6 Å². The van der Waals surface area contributed by atoms with E-state index in [1.54, 1.807) is 14.1 Å². The zero-order valence-corrected chi connectivity index (χ0v) is 18.5. The molecule has 30 heavy (non-hydrogen) atoms. The number of amides is 1. The minimum atomic E-state index is -0.427. The summed E-state index contributed by atoms with van der Waals surface area (Å²) in [5.41, 5.74) is 1.48. The van der Waals surface area contributed by atoms with Crippen molar-refractivity contribution in [1.29, 1.82) is 5.26 Å². The Kier molecular flexibility index (Phi) is 14.8. The molecule has 1 aromatic rings. The number of anilines is 1. The molecule has 0 unspecified atom stereocenters. The Labute approximate surface area is 179 Å². The molecule has 0 saturated heterocycles. The molecule has 1 aromatic carbocycles. The second-order valence-corrected chi connectivity index (χ2v) is 6.05. The number of Topliss-reactive ketones (excluding diaryl/α,β-unsaturated/α-hetero) is 1. The van der Waals surface area contributed by atoms with E-state index in [4.69, 9.17) is 10.4 Å². The summed E-state index contributed by atoms with van der Waals surface area (Å²) < 4.78 is 0. The highest BCUT2D eigenvalue weighted by Crippen LogP contribution is 2.33. The lowest BCUT2D eigenvalue weighted by Crippen LogP contribution is -2.32. The first-order valence-corrected chi connectivity index (χ1v) is 9.34. The Balaban J connectivity index is 0. The summed E-state index contributed by atoms with van der Waals surface area (Å²) in [7, 11) is 4.10. The molecule has 8 nitrogen and oxygen atoms in total. The van der Waals surface area contributed by atoms with Crippen molar-refractivity contribution >= 4 is 17.4 Å². The van der Waals surface area contributed by atoms with Crippen LogP contribution < -0.4 is 10.6 Å². The number of nitrogens with one attached hydrogen (secondary N) is 2. The summed E-state index contributed by atoms with van der Waals surface area (Å²) in [5.74, 6) is -0.808. The maximum Gasteiger partial charge on any atom is 0.257 e. The topological polar surface area (TPSA) is 126 Å². The largest absolute Gasteiger partial charge is 0.505 e. The van der Waals surface area contributed by atoms with Crippen molar-refractivity contribution in [2.24, 2.45) is 0 Å². The van der Waals surface area contributed by atoms with Crippen LogP contribution >= 0.6 is 0 Å². The summed E-state index contributed by atoms with van der Waals surface area (Å²) in [5, 5.41) is 32.3. The van der Waals surface area contributed by atoms with Gasteiger partial charge in [0, 0.05) is 33.4 Å². The van der Waals surface area contributed by atoms with Crippen molar-refractivity contribution in [2.75, 3.05) is 33.1 Å². The van der Waals surface area contributed by atoms with E-state index < -0.39 is 5.91 Å². The van der Waals surface area contributed by atoms with Crippen LogP contribution in [0.25, 0.3) is 0 Å². The molecule has 0 fully saturated rings. The molecule has 0 saturated carbocycles. The molecule has 2 rings (SSSR count). The van der Waals surface area contributed by atoms with Gasteiger partial charge >= 0.3 is 0 Å². The standard InChI is InChI=1S/C16H18N4O3.C3H8.C2H2.CH4O/c1-4-18-11-7-13(21)14(11)19-12-6-9(8-17)5-10(15(12)22)16(23)20(2)3;1-3-2;2*1-2/h5-6,18-19,22H,4,7H2,1-3H3;3H2,1-2H3;1-2H;2H,1H3. The number of carbonyl (C=O) groups is 2. The van der Waals surface area contributed by atoms with Gasteiger partial charge in [-0.15, -0.1) is 12.8 Å². The quantitative estimate of drug-likeness (QED) is 0.429. The van der Waals surface area contributed by atoms with Crippen LogP contribution in [0.3, 0.4) is 0 Å². The molecule has 0 bridgehead atoms. The number of phenols is 1. The van der Waals surface area contributed by atoms with E-state index in [0.29, 0.717) is 18.7 Å². The number of ketones is 1. The maximum absolute atomic E-state index is 12.1. The number of aliphatic hydroxyl groups is 1. The zero-order valence-electron chi connectivity index (χ0n) is 18.5. The summed E-state index contributed by atoms with van der Waals surface area (Å²) in [6, 6.07) is 4.68. The molecule has 8 heteroatoms. The molecule has 0 heterocycles. The van der Waals surface area contributed by atoms with Crippen LogP contribution in [0.15, 0.2) is 23.5 Å². The number of nitriles is 1. The van der Waals surface area contributed by atoms with Crippen molar-refractivity contribution in [3.63, 3.8) is 0 Å². The van der Waals surface area contributed by atoms with E-state index in [0.717, 1.165) is 12.8 Å². The lowest BCUT2D eigenvalue weighted by molar-refractivity contribution is -0.116. The van der Waals surface area contributed by atoms with Crippen molar-refractivity contribution in [2.45, 2.75) is 33.6 Å². The summed E-state index contributed by atoms with van der Waals surface area (Å²) in [6.45, 7) is 6.83. The van der Waals surface area contributed by atoms with Gasteiger partial charge in [-0.1, -0.05) is 20.3 Å². The van der Waals surface area contributed by atoms with E-state index >= 15 is 0 Å². The normalized spacial score (nSPS) is 11.0. The number of phenolic OH excluding ortho intramolecular Hbond substituents is 1. The molecule has 164 valence electrons. The summed E-state index contributed by atoms with van der Waals surface area (Å²) in [6.07, 6.45) is 9.55. The number of terminal acetylenes is 1. The monoisotopic (exact) mass is 416 g/mol. The van der Waals surface area contributed by atoms with Crippen molar-refractivity contribution in [3.05, 3.63) is 34.7 Å². The molecular formula is C22H32N4O4. The van der Waals surface area contributed by atoms with E-state index in [9.17, 15) is 14.7 Å². The van der Waals surface area contributed by atoms with Crippen LogP contribution in [0.1, 0.15) is 49.5 Å². The zero-order chi connectivity index (χ0) is 23.9. The van der Waals surface area contributed by atoms with E-state index in [1.165, 1.54) is 23.5 Å². The average molecular weight is 417 g/mol. The third-order valence-electron chi connectivity index (χ3n) is 3.44. The number of benzene rings is 1. The van der Waals surface area contributed by atoms with Crippen molar-refractivity contribution in [3.8, 4) is 24.7 Å². The molecular weight excluding hydrogens is 384 g/mol. The average Bonchev–Trinajstić information content (AvgIpc) is 2.75. The van der Waals surface area contributed by atoms with Gasteiger partial charge in [0.1, 0.15) is 5.70 Å². The Morgan fingerprint density at radius 1 is 1.23 bits per heavy atom. The van der Waals surface area contributed by atoms with Crippen LogP contribution in [0.5, 0.6) is 5.75 Å². The molecule has 0 aromatic heterocycles. The Bertz CT molecular complexity index is 805. The number of hydrogen-bond donors (Lipinski definition) is 4. The highest BCUT2D eigenvalue weighted by atomic mass is 16.3. The first-order valence-electron chi connectivity index (χ1n) is 9.34. The molecule has 0 spiro atoms. The number of hydrogen-bond acceptors (Lipinski definition) is 7. The first-order chi connectivity index (χ1) is 14.3. The fraction of sp³-hybridized carbons (Fsp3) is 0.409. The molecule has 0 aliphatic heterocycles. The SMILES string of the molecule is C#C.CCC.CCNC1=C(Nc2cc(C#N)cc(C(=O)N(C)C)c2O)C(=O)C1.CO. The predicted molar refractivity (Wildman–Crippen MR) is 119 cm³/mol. The van der Waals surface area contributed by atoms with E-state index in [-0.39, 0.29) is 28.3 Å². The molecule has 1 aliphatic rings. The van der Waals surface area contributed by atoms with Crippen LogP contribution in [0, 0.1) is 24.2 Å². The molecule has 1 amide bonds. The second-order valence-electron chi connectivity index (χ2n) is 6.05. The van der Waals surface area contributed by atoms with Gasteiger partial charge in [0.25, 0.3) is 5.91 Å². The number of aliphatic hydroxyl groups excluding tert-OH is 1. The molecule has 0 atom stereocenters. The molecule has 1 aliphatic carbocycles. The summed E-state index contributed by atoms with van der Waals surface area (Å²) >= 11 is 0. The van der Waals surface area contributed by atoms with Crippen molar-refractivity contribution < 1.29 is 19.8 Å². The number of rotatable bonds is 5. The van der Waals surface area contributed by atoms with Gasteiger partial charge in [-0.2, -0.15) is 5.26 Å². The number of carbonyl (C=O) groups excluding carboxylic acids is 2. The fourth-order valence-electron chi connectivity index (χ4n) is 2.24. The van der Waals surface area contributed by atoms with Crippen molar-refractivity contribution in [1.82, 2.24) is 10.2 Å². The number of allylic oxidation sites excluding steroid dienone is 2. The fourth-order valence-corrected chi connectivity index (χ4v) is 2.24. The predicted octanol–water partition coefficient (Wildman–Crippen LogP) is 2.45. The third-order valence-corrected chi connectivity index (χ3v) is 3.44. The van der Waals surface area contributed by atoms with Gasteiger partial charge in [0.2, 0.25) is 0 Å². The summed E-state index contributed by atoms with van der Waals surface area (Å²) in [4.78, 5) is 25.2. The highest BCUT2D eigenvalue weighted by Gasteiger charge is 2.28. The number of nitrogens with zero attached hydrogens (tertiary/aromatic N) is 2. The minimum Gasteiger partial charge on any atom is -0.505 e. The van der Waals surface area contributed by atoms with Gasteiger partial charge in [-0.05, 0) is 19.1 Å². The Morgan fingerprint density at radius 2 is 1.77 bits per heavy atom. The lowest BCUT2D eigenvalue weighted by Gasteiger charge is -2.25. The minimum absolute atomic E-state index is 0.00826. The lowest BCUT2D eigenvalue weighted by atomic mass is 9.98. The number of aromatic hydroxyl groups is 1. The van der Waals surface area contributed by atoms with Gasteiger partial charge in [-0.25, -0.2) is 0 Å². The van der Waals surface area contributed by atoms with Gasteiger partial charge in [-0.3, -0.25) is 9.59 Å². The van der Waals surface area contributed by atoms with Crippen LogP contribution in [0.4, 0.5) is 5.69 Å². The van der Waals surface area contributed by atoms with Gasteiger partial charge in [0.15, 0.2) is 11.5 Å². The Hall–Kier alpha value is -3.49. The highest BCUT2D eigenvalue weighted by molar-refractivity contribution is 6.07. The van der Waals surface area contributed by atoms with Gasteiger partial charge in [0.05, 0.1) is 29.3 Å². The first kappa shape index (κ1) is 28.7. The maximum atomic E-state index is 12.1. The molecule has 0 radical (unpaired) electrons. The molecule has 4 N–H and O–H groups in total. The van der Waals surface area contributed by atoms with Crippen LogP contribution in [-0.2, 0) is 4.79 Å². The smallest absolute Gasteiger partial charge is 0.257 e. The van der Waals surface area contributed by atoms with E-state index in [2.05, 4.69) is 37.3 Å². The Morgan fingerprint density at radius 3 is 2.17 bits per heavy atom. The third kappa shape index (κ3) is 7.86. The van der Waals surface area contributed by atoms with E-state index in [1.807, 2.05) is 13.0 Å². The van der Waals surface area contributed by atoms with Gasteiger partial charge < -0.3 is 25.7 Å². The second kappa shape index (κ2) is 15.4. The van der Waals surface area contributed by atoms with Crippen LogP contribution in [0.2, 0.25) is 0 Å².